The number of hydrogen-bond donors (Lipinski definition) is 1. The van der Waals surface area contributed by atoms with E-state index in [0.29, 0.717) is 6.08 Å². The van der Waals surface area contributed by atoms with E-state index in [1.54, 1.807) is 6.07 Å². The summed E-state index contributed by atoms with van der Waals surface area (Å²) in [6.45, 7) is 0.479. The molecule has 0 atom stereocenters. The van der Waals surface area contributed by atoms with Gasteiger partial charge in [0.25, 0.3) is 0 Å². The average Bonchev–Trinajstić information content (AvgIpc) is 1.99. The van der Waals surface area contributed by atoms with E-state index in [2.05, 4.69) is 0 Å². The summed E-state index contributed by atoms with van der Waals surface area (Å²) in [5.41, 5.74) is -0.997. The van der Waals surface area contributed by atoms with Crippen LogP contribution in [0.3, 0.4) is 0 Å². The highest BCUT2D eigenvalue weighted by atomic mass is 19.4. The lowest BCUT2D eigenvalue weighted by molar-refractivity contribution is -0.117. The lowest BCUT2D eigenvalue weighted by Crippen LogP contribution is -2.23. The van der Waals surface area contributed by atoms with Crippen LogP contribution >= 0.6 is 0 Å². The fourth-order valence-corrected chi connectivity index (χ4v) is 0.456. The Balaban J connectivity index is 4.25. The first kappa shape index (κ1) is 11.5. The molecule has 0 bridgehead atoms. The predicted octanol–water partition coefficient (Wildman–Crippen LogP) is 1.13. The topological polar surface area (TPSA) is 52.9 Å². The number of nitrogens with one attached hydrogen (secondary N) is 1. The molecule has 0 unspecified atom stereocenters. The third kappa shape index (κ3) is 4.85. The van der Waals surface area contributed by atoms with Crippen molar-refractivity contribution in [3.05, 3.63) is 11.6 Å². The maximum Gasteiger partial charge on any atom is 0.412 e. The summed E-state index contributed by atoms with van der Waals surface area (Å²) in [7, 11) is 0. The highest BCUT2D eigenvalue weighted by Crippen LogP contribution is 2.24. The number of nitrogens with zero attached hydrogens (tertiary/aromatic N) is 1. The molecule has 0 aromatic rings. The van der Waals surface area contributed by atoms with Gasteiger partial charge in [0.1, 0.15) is 6.54 Å². The van der Waals surface area contributed by atoms with Crippen LogP contribution in [0.4, 0.5) is 13.2 Å². The largest absolute Gasteiger partial charge is 0.412 e. The molecule has 13 heavy (non-hydrogen) atoms. The first-order valence-corrected chi connectivity index (χ1v) is 3.28. The number of carbonyl (C=O) groups is 1. The Morgan fingerprint density at radius 2 is 2.15 bits per heavy atom. The van der Waals surface area contributed by atoms with Gasteiger partial charge in [0.15, 0.2) is 0 Å². The molecule has 1 N–H and O–H groups in total. The highest BCUT2D eigenvalue weighted by Gasteiger charge is 2.30. The number of alkyl halides is 3. The fraction of sp³-hybridized carbons (Fsp3) is 0.429. The van der Waals surface area contributed by atoms with Crippen LogP contribution in [0.5, 0.6) is 0 Å². The zero-order chi connectivity index (χ0) is 10.5. The van der Waals surface area contributed by atoms with Crippen molar-refractivity contribution in [2.24, 2.45) is 0 Å². The van der Waals surface area contributed by atoms with Gasteiger partial charge in [-0.2, -0.15) is 18.4 Å². The second-order valence-electron chi connectivity index (χ2n) is 2.20. The van der Waals surface area contributed by atoms with Gasteiger partial charge < -0.3 is 5.32 Å². The van der Waals surface area contributed by atoms with Gasteiger partial charge in [-0.05, 0) is 6.92 Å². The monoisotopic (exact) mass is 192 g/mol. The molecule has 0 aliphatic carbocycles. The van der Waals surface area contributed by atoms with E-state index in [1.165, 1.54) is 0 Å². The van der Waals surface area contributed by atoms with Gasteiger partial charge in [0, 0.05) is 11.6 Å². The molecule has 0 saturated carbocycles. The molecule has 0 aliphatic heterocycles. The van der Waals surface area contributed by atoms with Crippen molar-refractivity contribution < 1.29 is 18.0 Å². The van der Waals surface area contributed by atoms with E-state index in [9.17, 15) is 18.0 Å². The van der Waals surface area contributed by atoms with Crippen LogP contribution in [0.2, 0.25) is 0 Å². The van der Waals surface area contributed by atoms with E-state index in [1.807, 2.05) is 5.32 Å². The summed E-state index contributed by atoms with van der Waals surface area (Å²) in [6.07, 6.45) is -4.08. The Bertz CT molecular complexity index is 262. The smallest absolute Gasteiger partial charge is 0.339 e. The third-order valence-electron chi connectivity index (χ3n) is 1.14. The number of halogens is 3. The standard InChI is InChI=1S/C7H7F3N2O/c1-5(7(8,9)10)4-6(13)12-3-2-11/h4H,3H2,1H3,(H,12,13). The summed E-state index contributed by atoms with van der Waals surface area (Å²) in [5.74, 6) is -0.920. The molecule has 0 radical (unpaired) electrons. The highest BCUT2D eigenvalue weighted by molar-refractivity contribution is 5.88. The Kier molecular flexibility index (Phi) is 3.98. The molecule has 6 heteroatoms. The van der Waals surface area contributed by atoms with Gasteiger partial charge in [0.05, 0.1) is 6.07 Å². The van der Waals surface area contributed by atoms with E-state index < -0.39 is 17.7 Å². The van der Waals surface area contributed by atoms with Crippen molar-refractivity contribution in [3.8, 4) is 6.07 Å². The van der Waals surface area contributed by atoms with Crippen LogP contribution in [0, 0.1) is 11.3 Å². The third-order valence-corrected chi connectivity index (χ3v) is 1.14. The molecular weight excluding hydrogens is 185 g/mol. The summed E-state index contributed by atoms with van der Waals surface area (Å²) in [5, 5.41) is 9.96. The molecular formula is C7H7F3N2O. The Morgan fingerprint density at radius 1 is 1.62 bits per heavy atom. The molecule has 3 nitrogen and oxygen atoms in total. The molecule has 1 amide bonds. The molecule has 0 aliphatic rings. The van der Waals surface area contributed by atoms with E-state index in [-0.39, 0.29) is 6.54 Å². The molecule has 0 rings (SSSR count). The Hall–Kier alpha value is -1.51. The summed E-state index contributed by atoms with van der Waals surface area (Å²) in [4.78, 5) is 10.6. The van der Waals surface area contributed by atoms with Crippen LogP contribution < -0.4 is 5.32 Å². The van der Waals surface area contributed by atoms with Crippen LogP contribution in [-0.2, 0) is 4.79 Å². The van der Waals surface area contributed by atoms with Gasteiger partial charge in [-0.3, -0.25) is 4.79 Å². The van der Waals surface area contributed by atoms with Crippen molar-refractivity contribution in [3.63, 3.8) is 0 Å². The zero-order valence-electron chi connectivity index (χ0n) is 6.77. The average molecular weight is 192 g/mol. The Labute approximate surface area is 72.8 Å². The number of allylic oxidation sites excluding steroid dienone is 1. The van der Waals surface area contributed by atoms with Crippen molar-refractivity contribution in [2.75, 3.05) is 6.54 Å². The van der Waals surface area contributed by atoms with Gasteiger partial charge in [-0.25, -0.2) is 0 Å². The van der Waals surface area contributed by atoms with Crippen molar-refractivity contribution in [2.45, 2.75) is 13.1 Å². The molecule has 0 saturated heterocycles. The van der Waals surface area contributed by atoms with Crippen molar-refractivity contribution in [1.82, 2.24) is 5.32 Å². The second-order valence-corrected chi connectivity index (χ2v) is 2.20. The maximum atomic E-state index is 11.8. The fourth-order valence-electron chi connectivity index (χ4n) is 0.456. The number of rotatable bonds is 2. The number of carbonyl (C=O) groups excluding carboxylic acids is 1. The second kappa shape index (κ2) is 4.50. The predicted molar refractivity (Wildman–Crippen MR) is 38.4 cm³/mol. The van der Waals surface area contributed by atoms with Crippen LogP contribution in [0.15, 0.2) is 11.6 Å². The molecule has 0 aromatic carbocycles. The quantitative estimate of drug-likeness (QED) is 0.526. The van der Waals surface area contributed by atoms with Gasteiger partial charge in [-0.15, -0.1) is 0 Å². The molecule has 72 valence electrons. The van der Waals surface area contributed by atoms with Crippen LogP contribution in [0.1, 0.15) is 6.92 Å². The first-order valence-electron chi connectivity index (χ1n) is 3.28. The minimum Gasteiger partial charge on any atom is -0.339 e. The number of nitriles is 1. The van der Waals surface area contributed by atoms with Crippen molar-refractivity contribution in [1.29, 1.82) is 5.26 Å². The molecule has 0 spiro atoms. The summed E-state index contributed by atoms with van der Waals surface area (Å²) < 4.78 is 35.5. The summed E-state index contributed by atoms with van der Waals surface area (Å²) >= 11 is 0. The Morgan fingerprint density at radius 3 is 2.54 bits per heavy atom. The summed E-state index contributed by atoms with van der Waals surface area (Å²) in [6, 6.07) is 1.57. The molecule has 0 fully saturated rings. The van der Waals surface area contributed by atoms with E-state index in [4.69, 9.17) is 5.26 Å². The van der Waals surface area contributed by atoms with E-state index >= 15 is 0 Å². The number of hydrogen-bond acceptors (Lipinski definition) is 2. The first-order chi connectivity index (χ1) is 5.88. The lowest BCUT2D eigenvalue weighted by Gasteiger charge is -2.05. The van der Waals surface area contributed by atoms with Crippen molar-refractivity contribution >= 4 is 5.91 Å². The minimum atomic E-state index is -4.50. The SMILES string of the molecule is CC(=CC(=O)NCC#N)C(F)(F)F. The number of amides is 1. The van der Waals surface area contributed by atoms with E-state index in [0.717, 1.165) is 6.92 Å². The lowest BCUT2D eigenvalue weighted by atomic mass is 10.2. The normalized spacial score (nSPS) is 12.1. The van der Waals surface area contributed by atoms with Gasteiger partial charge in [-0.1, -0.05) is 0 Å². The molecule has 0 heterocycles. The van der Waals surface area contributed by atoms with Gasteiger partial charge >= 0.3 is 6.18 Å². The minimum absolute atomic E-state index is 0.305. The maximum absolute atomic E-state index is 11.8. The zero-order valence-corrected chi connectivity index (χ0v) is 6.77. The molecule has 0 aromatic heterocycles. The van der Waals surface area contributed by atoms with Crippen LogP contribution in [0.25, 0.3) is 0 Å². The van der Waals surface area contributed by atoms with Crippen LogP contribution in [-0.4, -0.2) is 18.6 Å². The van der Waals surface area contributed by atoms with Gasteiger partial charge in [0.2, 0.25) is 5.91 Å².